The lowest BCUT2D eigenvalue weighted by Crippen LogP contribution is -2.08. The number of hydrogen-bond donors (Lipinski definition) is 1. The van der Waals surface area contributed by atoms with Gasteiger partial charge in [0.1, 0.15) is 10.8 Å². The highest BCUT2D eigenvalue weighted by atomic mass is 32.2. The summed E-state index contributed by atoms with van der Waals surface area (Å²) in [5, 5.41) is 2.33. The van der Waals surface area contributed by atoms with Crippen LogP contribution in [0.4, 0.5) is 19.1 Å². The third-order valence-electron chi connectivity index (χ3n) is 4.58. The van der Waals surface area contributed by atoms with Crippen LogP contribution in [0, 0.1) is 0 Å². The van der Waals surface area contributed by atoms with Crippen molar-refractivity contribution in [3.8, 4) is 16.3 Å². The number of thiazole rings is 1. The molecule has 1 aliphatic rings. The molecule has 2 aromatic heterocycles. The second kappa shape index (κ2) is 10.7. The van der Waals surface area contributed by atoms with Crippen LogP contribution >= 0.6 is 23.3 Å². The Balaban J connectivity index is 0.000000160. The minimum atomic E-state index is -4.30. The van der Waals surface area contributed by atoms with Gasteiger partial charge in [0.05, 0.1) is 12.2 Å². The molecule has 0 saturated heterocycles. The Labute approximate surface area is 197 Å². The summed E-state index contributed by atoms with van der Waals surface area (Å²) in [5.74, 6) is 1.61. The van der Waals surface area contributed by atoms with Gasteiger partial charge >= 0.3 is 6.18 Å². The van der Waals surface area contributed by atoms with Crippen molar-refractivity contribution in [1.29, 1.82) is 0 Å². The van der Waals surface area contributed by atoms with Crippen LogP contribution in [-0.2, 0) is 12.6 Å². The van der Waals surface area contributed by atoms with Gasteiger partial charge in [0.15, 0.2) is 0 Å². The van der Waals surface area contributed by atoms with Crippen LogP contribution in [-0.4, -0.2) is 21.6 Å². The molecule has 33 heavy (non-hydrogen) atoms. The Morgan fingerprint density at radius 3 is 2.58 bits per heavy atom. The van der Waals surface area contributed by atoms with Gasteiger partial charge < -0.3 is 4.74 Å². The molecule has 4 aromatic rings. The largest absolute Gasteiger partial charge is 0.493 e. The van der Waals surface area contributed by atoms with Gasteiger partial charge in [0.25, 0.3) is 0 Å². The van der Waals surface area contributed by atoms with Crippen LogP contribution in [0.2, 0.25) is 0 Å². The van der Waals surface area contributed by atoms with Gasteiger partial charge in [-0.2, -0.15) is 13.2 Å². The molecule has 0 bridgehead atoms. The Morgan fingerprint density at radius 1 is 0.970 bits per heavy atom. The average Bonchev–Trinajstić information content (AvgIpc) is 3.38. The predicted octanol–water partition coefficient (Wildman–Crippen LogP) is 6.75. The number of fused-ring (bicyclic) bond motifs is 1. The topological polar surface area (TPSA) is 59.9 Å². The minimum Gasteiger partial charge on any atom is -0.493 e. The fraction of sp³-hybridized carbons (Fsp3) is 0.174. The van der Waals surface area contributed by atoms with Crippen molar-refractivity contribution in [2.24, 2.45) is 0 Å². The quantitative estimate of drug-likeness (QED) is 0.321. The molecule has 1 aliphatic heterocycles. The zero-order valence-corrected chi connectivity index (χ0v) is 18.9. The van der Waals surface area contributed by atoms with E-state index < -0.39 is 11.7 Å². The molecule has 3 heterocycles. The zero-order chi connectivity index (χ0) is 23.1. The fourth-order valence-electron chi connectivity index (χ4n) is 3.03. The summed E-state index contributed by atoms with van der Waals surface area (Å²) in [6, 6.07) is 13.2. The molecule has 5 nitrogen and oxygen atoms in total. The summed E-state index contributed by atoms with van der Waals surface area (Å²) in [6.45, 7) is 0.816. The van der Waals surface area contributed by atoms with Crippen LogP contribution in [0.15, 0.2) is 77.4 Å². The molecule has 1 N–H and O–H groups in total. The van der Waals surface area contributed by atoms with Crippen molar-refractivity contribution in [2.45, 2.75) is 23.9 Å². The fourth-order valence-corrected chi connectivity index (χ4v) is 4.29. The van der Waals surface area contributed by atoms with Gasteiger partial charge in [-0.3, -0.25) is 4.72 Å². The lowest BCUT2D eigenvalue weighted by atomic mass is 10.1. The van der Waals surface area contributed by atoms with Crippen molar-refractivity contribution in [3.63, 3.8) is 0 Å². The van der Waals surface area contributed by atoms with Gasteiger partial charge in [0, 0.05) is 34.4 Å². The normalized spacial score (nSPS) is 12.7. The first-order valence-electron chi connectivity index (χ1n) is 10.0. The summed E-state index contributed by atoms with van der Waals surface area (Å²) in [7, 11) is 0. The third-order valence-corrected chi connectivity index (χ3v) is 6.18. The van der Waals surface area contributed by atoms with Crippen molar-refractivity contribution >= 4 is 29.2 Å². The molecule has 0 aliphatic carbocycles. The lowest BCUT2D eigenvalue weighted by Gasteiger charge is -2.17. The predicted molar refractivity (Wildman–Crippen MR) is 124 cm³/mol. The number of rotatable bonds is 4. The summed E-state index contributed by atoms with van der Waals surface area (Å²) >= 11 is 2.81. The van der Waals surface area contributed by atoms with Crippen molar-refractivity contribution < 1.29 is 17.9 Å². The van der Waals surface area contributed by atoms with Gasteiger partial charge in [0.2, 0.25) is 5.95 Å². The van der Waals surface area contributed by atoms with E-state index in [9.17, 15) is 13.2 Å². The Kier molecular flexibility index (Phi) is 7.46. The van der Waals surface area contributed by atoms with E-state index in [1.54, 1.807) is 36.1 Å². The SMILES string of the molecule is FC(F)(F)c1cccc(-c2nccs2)c1.c1cnc(NSc2ccc3c(c2)OCCC3)nc1. The first kappa shape index (κ1) is 23.1. The summed E-state index contributed by atoms with van der Waals surface area (Å²) in [5.41, 5.74) is 1.15. The molecular formula is C23H19F3N4OS2. The van der Waals surface area contributed by atoms with Crippen molar-refractivity contribution in [1.82, 2.24) is 15.0 Å². The summed E-state index contributed by atoms with van der Waals surface area (Å²) < 4.78 is 45.9. The van der Waals surface area contributed by atoms with Crippen LogP contribution in [0.5, 0.6) is 5.75 Å². The number of hydrogen-bond acceptors (Lipinski definition) is 7. The highest BCUT2D eigenvalue weighted by Crippen LogP contribution is 2.32. The number of anilines is 1. The van der Waals surface area contributed by atoms with E-state index in [2.05, 4.69) is 37.9 Å². The monoisotopic (exact) mass is 488 g/mol. The number of ether oxygens (including phenoxy) is 1. The molecule has 0 spiro atoms. The van der Waals surface area contributed by atoms with Crippen LogP contribution in [0.1, 0.15) is 17.5 Å². The maximum Gasteiger partial charge on any atom is 0.416 e. The first-order chi connectivity index (χ1) is 16.0. The standard InChI is InChI=1S/C13H13N3OS.C10H6F3NS/c1-3-10-4-5-11(9-12(10)17-8-1)18-16-13-14-6-2-7-15-13;11-10(12,13)8-3-1-2-7(6-8)9-14-4-5-15-9/h2,4-7,9H,1,3,8H2,(H,14,15,16);1-6H. The maximum absolute atomic E-state index is 12.4. The zero-order valence-electron chi connectivity index (χ0n) is 17.2. The number of halogens is 3. The molecule has 0 radical (unpaired) electrons. The van der Waals surface area contributed by atoms with E-state index >= 15 is 0 Å². The number of benzene rings is 2. The summed E-state index contributed by atoms with van der Waals surface area (Å²) in [4.78, 5) is 13.3. The van der Waals surface area contributed by atoms with E-state index in [-0.39, 0.29) is 0 Å². The molecule has 10 heteroatoms. The molecular weight excluding hydrogens is 469 g/mol. The van der Waals surface area contributed by atoms with E-state index in [1.807, 2.05) is 0 Å². The highest BCUT2D eigenvalue weighted by molar-refractivity contribution is 8.00. The van der Waals surface area contributed by atoms with Gasteiger partial charge in [-0.1, -0.05) is 18.2 Å². The number of alkyl halides is 3. The van der Waals surface area contributed by atoms with Gasteiger partial charge in [-0.05, 0) is 60.7 Å². The van der Waals surface area contributed by atoms with Crippen molar-refractivity contribution in [2.75, 3.05) is 11.3 Å². The Hall–Kier alpha value is -3.11. The molecule has 0 unspecified atom stereocenters. The molecule has 170 valence electrons. The number of aromatic nitrogens is 3. The lowest BCUT2D eigenvalue weighted by molar-refractivity contribution is -0.137. The second-order valence-corrected chi connectivity index (χ2v) is 8.69. The van der Waals surface area contributed by atoms with Crippen LogP contribution in [0.3, 0.4) is 0 Å². The maximum atomic E-state index is 12.4. The number of nitrogens with zero attached hydrogens (tertiary/aromatic N) is 3. The van der Waals surface area contributed by atoms with Crippen molar-refractivity contribution in [3.05, 3.63) is 83.6 Å². The minimum absolute atomic E-state index is 0.500. The van der Waals surface area contributed by atoms with Gasteiger partial charge in [-0.25, -0.2) is 15.0 Å². The van der Waals surface area contributed by atoms with Crippen LogP contribution < -0.4 is 9.46 Å². The molecule has 0 fully saturated rings. The smallest absolute Gasteiger partial charge is 0.416 e. The molecule has 2 aromatic carbocycles. The van der Waals surface area contributed by atoms with Gasteiger partial charge in [-0.15, -0.1) is 11.3 Å². The molecule has 0 atom stereocenters. The Bertz CT molecular complexity index is 1170. The van der Waals surface area contributed by atoms with E-state index in [1.165, 1.54) is 34.9 Å². The average molecular weight is 489 g/mol. The summed E-state index contributed by atoms with van der Waals surface area (Å²) in [6.07, 6.45) is 2.91. The van der Waals surface area contributed by atoms with E-state index in [4.69, 9.17) is 4.74 Å². The van der Waals surface area contributed by atoms with E-state index in [0.717, 1.165) is 42.2 Å². The van der Waals surface area contributed by atoms with Crippen LogP contribution in [0.25, 0.3) is 10.6 Å². The highest BCUT2D eigenvalue weighted by Gasteiger charge is 2.30. The second-order valence-electron chi connectivity index (χ2n) is 6.91. The Morgan fingerprint density at radius 2 is 1.82 bits per heavy atom. The molecule has 0 amide bonds. The molecule has 0 saturated carbocycles. The number of nitrogens with one attached hydrogen (secondary N) is 1. The van der Waals surface area contributed by atoms with E-state index in [0.29, 0.717) is 16.5 Å². The third kappa shape index (κ3) is 6.45. The first-order valence-corrected chi connectivity index (χ1v) is 11.7. The molecule has 5 rings (SSSR count). The number of aryl methyl sites for hydroxylation is 1.